The Hall–Kier alpha value is -0.710. The van der Waals surface area contributed by atoms with Crippen molar-refractivity contribution in [2.75, 3.05) is 11.5 Å². The molecule has 0 spiro atoms. The molecule has 14 heavy (non-hydrogen) atoms. The average Bonchev–Trinajstić information content (AvgIpc) is 2.15. The fourth-order valence-corrected chi connectivity index (χ4v) is 2.83. The van der Waals surface area contributed by atoms with Crippen molar-refractivity contribution >= 4 is 23.6 Å². The predicted molar refractivity (Wildman–Crippen MR) is 55.3 cm³/mol. The van der Waals surface area contributed by atoms with Crippen molar-refractivity contribution in [2.24, 2.45) is 5.92 Å². The number of hydrogen-bond acceptors (Lipinski definition) is 3. The molecule has 2 atom stereocenters. The van der Waals surface area contributed by atoms with Crippen LogP contribution < -0.4 is 5.32 Å². The van der Waals surface area contributed by atoms with Gasteiger partial charge in [0.15, 0.2) is 0 Å². The second-order valence-corrected chi connectivity index (χ2v) is 4.64. The van der Waals surface area contributed by atoms with Gasteiger partial charge in [-0.05, 0) is 30.3 Å². The Morgan fingerprint density at radius 3 is 2.71 bits per heavy atom. The highest BCUT2D eigenvalue weighted by molar-refractivity contribution is 7.99. The van der Waals surface area contributed by atoms with E-state index >= 15 is 0 Å². The normalized spacial score (nSPS) is 23.9. The molecular formula is C9H15NO3S. The molecule has 1 saturated heterocycles. The average molecular weight is 217 g/mol. The minimum absolute atomic E-state index is 0.0788. The fraction of sp³-hybridized carbons (Fsp3) is 0.778. The first-order valence-electron chi connectivity index (χ1n) is 4.69. The summed E-state index contributed by atoms with van der Waals surface area (Å²) < 4.78 is 0. The van der Waals surface area contributed by atoms with Crippen molar-refractivity contribution in [3.63, 3.8) is 0 Å². The van der Waals surface area contributed by atoms with E-state index in [1.165, 1.54) is 6.92 Å². The largest absolute Gasteiger partial charge is 0.480 e. The summed E-state index contributed by atoms with van der Waals surface area (Å²) in [6.07, 6.45) is 1.93. The predicted octanol–water partition coefficient (Wildman–Crippen LogP) is 0.719. The van der Waals surface area contributed by atoms with Gasteiger partial charge in [0, 0.05) is 6.92 Å². The second-order valence-electron chi connectivity index (χ2n) is 3.49. The maximum atomic E-state index is 10.9. The van der Waals surface area contributed by atoms with Crippen LogP contribution in [-0.2, 0) is 9.59 Å². The van der Waals surface area contributed by atoms with Gasteiger partial charge in [-0.1, -0.05) is 0 Å². The fourth-order valence-electron chi connectivity index (χ4n) is 1.63. The Morgan fingerprint density at radius 2 is 2.29 bits per heavy atom. The molecule has 0 aromatic rings. The molecule has 0 aromatic heterocycles. The van der Waals surface area contributed by atoms with Gasteiger partial charge in [-0.2, -0.15) is 11.8 Å². The van der Waals surface area contributed by atoms with Crippen molar-refractivity contribution in [3.05, 3.63) is 0 Å². The minimum atomic E-state index is -0.923. The summed E-state index contributed by atoms with van der Waals surface area (Å²) in [6, 6.07) is -0.708. The lowest BCUT2D eigenvalue weighted by atomic mass is 9.96. The highest BCUT2D eigenvalue weighted by Crippen LogP contribution is 2.25. The van der Waals surface area contributed by atoms with Crippen LogP contribution in [0.15, 0.2) is 0 Å². The van der Waals surface area contributed by atoms with Gasteiger partial charge in [-0.15, -0.1) is 0 Å². The number of hydrogen-bond donors (Lipinski definition) is 2. The summed E-state index contributed by atoms with van der Waals surface area (Å²) >= 11 is 1.76. The molecular weight excluding hydrogens is 202 g/mol. The molecule has 1 heterocycles. The minimum Gasteiger partial charge on any atom is -0.480 e. The Balaban J connectivity index is 2.56. The van der Waals surface area contributed by atoms with E-state index in [2.05, 4.69) is 5.32 Å². The van der Waals surface area contributed by atoms with Crippen LogP contribution in [0.5, 0.6) is 0 Å². The van der Waals surface area contributed by atoms with E-state index in [0.717, 1.165) is 24.3 Å². The van der Waals surface area contributed by atoms with Gasteiger partial charge in [0.1, 0.15) is 6.04 Å². The van der Waals surface area contributed by atoms with Crippen molar-refractivity contribution in [1.82, 2.24) is 5.32 Å². The molecule has 2 N–H and O–H groups in total. The highest BCUT2D eigenvalue weighted by Gasteiger charge is 2.29. The summed E-state index contributed by atoms with van der Waals surface area (Å²) in [7, 11) is 0. The SMILES string of the molecule is CC(=O)NC(C(=O)O)C1CCCSC1. The number of carbonyl (C=O) groups is 2. The van der Waals surface area contributed by atoms with Gasteiger partial charge < -0.3 is 10.4 Å². The smallest absolute Gasteiger partial charge is 0.326 e. The standard InChI is InChI=1S/C9H15NO3S/c1-6(11)10-8(9(12)13)7-3-2-4-14-5-7/h7-8H,2-5H2,1H3,(H,10,11)(H,12,13). The molecule has 5 heteroatoms. The molecule has 80 valence electrons. The third-order valence-electron chi connectivity index (χ3n) is 2.29. The molecule has 1 aliphatic rings. The maximum Gasteiger partial charge on any atom is 0.326 e. The Morgan fingerprint density at radius 1 is 1.57 bits per heavy atom. The zero-order valence-corrected chi connectivity index (χ0v) is 8.97. The molecule has 4 nitrogen and oxygen atoms in total. The monoisotopic (exact) mass is 217 g/mol. The highest BCUT2D eigenvalue weighted by atomic mass is 32.2. The van der Waals surface area contributed by atoms with E-state index in [4.69, 9.17) is 5.11 Å². The van der Waals surface area contributed by atoms with E-state index in [1.54, 1.807) is 11.8 Å². The zero-order valence-electron chi connectivity index (χ0n) is 8.16. The van der Waals surface area contributed by atoms with Gasteiger partial charge in [-0.3, -0.25) is 4.79 Å². The van der Waals surface area contributed by atoms with Crippen molar-refractivity contribution in [1.29, 1.82) is 0 Å². The number of carboxylic acids is 1. The lowest BCUT2D eigenvalue weighted by molar-refractivity contribution is -0.143. The number of aliphatic carboxylic acids is 1. The number of carbonyl (C=O) groups excluding carboxylic acids is 1. The molecule has 1 amide bonds. The first-order chi connectivity index (χ1) is 6.61. The Bertz CT molecular complexity index is 226. The number of rotatable bonds is 3. The van der Waals surface area contributed by atoms with Gasteiger partial charge in [0.2, 0.25) is 5.91 Å². The first kappa shape index (κ1) is 11.4. The van der Waals surface area contributed by atoms with E-state index < -0.39 is 12.0 Å². The molecule has 0 radical (unpaired) electrons. The Kier molecular flexibility index (Phi) is 4.25. The van der Waals surface area contributed by atoms with Crippen LogP contribution in [0.4, 0.5) is 0 Å². The van der Waals surface area contributed by atoms with Crippen LogP contribution in [0.3, 0.4) is 0 Å². The molecule has 0 bridgehead atoms. The third kappa shape index (κ3) is 3.21. The number of thioether (sulfide) groups is 1. The van der Waals surface area contributed by atoms with Gasteiger partial charge in [-0.25, -0.2) is 4.79 Å². The summed E-state index contributed by atoms with van der Waals surface area (Å²) in [5.74, 6) is 0.816. The van der Waals surface area contributed by atoms with Crippen molar-refractivity contribution < 1.29 is 14.7 Å². The van der Waals surface area contributed by atoms with Crippen LogP contribution in [0.1, 0.15) is 19.8 Å². The summed E-state index contributed by atoms with van der Waals surface area (Å²) in [4.78, 5) is 21.7. The van der Waals surface area contributed by atoms with E-state index in [1.807, 2.05) is 0 Å². The van der Waals surface area contributed by atoms with Gasteiger partial charge >= 0.3 is 5.97 Å². The van der Waals surface area contributed by atoms with E-state index in [-0.39, 0.29) is 11.8 Å². The first-order valence-corrected chi connectivity index (χ1v) is 5.84. The molecule has 2 unspecified atom stereocenters. The number of amides is 1. The van der Waals surface area contributed by atoms with Crippen molar-refractivity contribution in [3.8, 4) is 0 Å². The third-order valence-corrected chi connectivity index (χ3v) is 3.53. The topological polar surface area (TPSA) is 66.4 Å². The van der Waals surface area contributed by atoms with Crippen LogP contribution in [0.2, 0.25) is 0 Å². The van der Waals surface area contributed by atoms with E-state index in [0.29, 0.717) is 0 Å². The molecule has 0 saturated carbocycles. The number of carboxylic acid groups (broad SMARTS) is 1. The quantitative estimate of drug-likeness (QED) is 0.731. The number of nitrogens with one attached hydrogen (secondary N) is 1. The van der Waals surface area contributed by atoms with Crippen LogP contribution in [0.25, 0.3) is 0 Å². The van der Waals surface area contributed by atoms with Gasteiger partial charge in [0.05, 0.1) is 0 Å². The molecule has 1 fully saturated rings. The maximum absolute atomic E-state index is 10.9. The summed E-state index contributed by atoms with van der Waals surface area (Å²) in [5, 5.41) is 11.4. The van der Waals surface area contributed by atoms with Crippen LogP contribution in [-0.4, -0.2) is 34.5 Å². The summed E-state index contributed by atoms with van der Waals surface area (Å²) in [5.41, 5.74) is 0. The van der Waals surface area contributed by atoms with Crippen LogP contribution in [0, 0.1) is 5.92 Å². The summed E-state index contributed by atoms with van der Waals surface area (Å²) in [6.45, 7) is 1.35. The molecule has 0 aromatic carbocycles. The molecule has 1 aliphatic heterocycles. The lowest BCUT2D eigenvalue weighted by Gasteiger charge is -2.27. The van der Waals surface area contributed by atoms with E-state index in [9.17, 15) is 9.59 Å². The van der Waals surface area contributed by atoms with Crippen LogP contribution >= 0.6 is 11.8 Å². The molecule has 1 rings (SSSR count). The zero-order chi connectivity index (χ0) is 10.6. The van der Waals surface area contributed by atoms with Crippen molar-refractivity contribution in [2.45, 2.75) is 25.8 Å². The second kappa shape index (κ2) is 5.24. The Labute approximate surface area is 87.4 Å². The lowest BCUT2D eigenvalue weighted by Crippen LogP contribution is -2.46. The van der Waals surface area contributed by atoms with Gasteiger partial charge in [0.25, 0.3) is 0 Å². The molecule has 0 aliphatic carbocycles.